The maximum atomic E-state index is 12.5. The molecule has 3 aromatic rings. The fraction of sp³-hybridized carbons (Fsp3) is 0.300. The zero-order chi connectivity index (χ0) is 17.2. The highest BCUT2D eigenvalue weighted by molar-refractivity contribution is 5.87. The van der Waals surface area contributed by atoms with Crippen LogP contribution >= 0.6 is 0 Å². The van der Waals surface area contributed by atoms with Crippen molar-refractivity contribution < 1.29 is 4.79 Å². The molecule has 128 valence electrons. The summed E-state index contributed by atoms with van der Waals surface area (Å²) in [5.74, 6) is 1.08. The maximum Gasteiger partial charge on any atom is 0.234 e. The first-order chi connectivity index (χ1) is 12.2. The lowest BCUT2D eigenvalue weighted by atomic mass is 10.00. The van der Waals surface area contributed by atoms with Gasteiger partial charge in [-0.2, -0.15) is 0 Å². The molecule has 0 aliphatic carbocycles. The zero-order valence-electron chi connectivity index (χ0n) is 14.4. The van der Waals surface area contributed by atoms with Crippen LogP contribution in [0.4, 0.5) is 0 Å². The fourth-order valence-electron chi connectivity index (χ4n) is 3.55. The molecule has 1 amide bonds. The summed E-state index contributed by atoms with van der Waals surface area (Å²) < 4.78 is 2.15. The average Bonchev–Trinajstić information content (AvgIpc) is 3.08. The van der Waals surface area contributed by atoms with E-state index in [0.717, 1.165) is 31.0 Å². The number of imidazole rings is 1. The van der Waals surface area contributed by atoms with Crippen LogP contribution in [0.25, 0.3) is 10.8 Å². The van der Waals surface area contributed by atoms with Gasteiger partial charge in [-0.3, -0.25) is 9.69 Å². The van der Waals surface area contributed by atoms with Gasteiger partial charge in [-0.1, -0.05) is 42.5 Å². The lowest BCUT2D eigenvalue weighted by Gasteiger charge is -2.27. The standard InChI is InChI=1S/C20H22N4O/c1-15(17-8-4-6-16-5-2-3-7-18(16)17)22-20(25)14-23-11-12-24-10-9-21-19(24)13-23/h2-10,15H,11-14H2,1H3,(H,22,25)/t15-/m0/s1. The Kier molecular flexibility index (Phi) is 4.24. The summed E-state index contributed by atoms with van der Waals surface area (Å²) in [6, 6.07) is 14.5. The number of hydrogen-bond donors (Lipinski definition) is 1. The van der Waals surface area contributed by atoms with Crippen molar-refractivity contribution in [1.82, 2.24) is 19.8 Å². The van der Waals surface area contributed by atoms with Crippen LogP contribution in [0, 0.1) is 0 Å². The third kappa shape index (κ3) is 3.28. The van der Waals surface area contributed by atoms with Crippen LogP contribution in [0.1, 0.15) is 24.4 Å². The van der Waals surface area contributed by atoms with E-state index in [1.807, 2.05) is 37.5 Å². The Bertz CT molecular complexity index is 896. The monoisotopic (exact) mass is 334 g/mol. The fourth-order valence-corrected chi connectivity index (χ4v) is 3.55. The molecule has 2 heterocycles. The molecule has 1 aliphatic heterocycles. The Labute approximate surface area is 147 Å². The highest BCUT2D eigenvalue weighted by atomic mass is 16.2. The Morgan fingerprint density at radius 2 is 2.04 bits per heavy atom. The molecule has 25 heavy (non-hydrogen) atoms. The van der Waals surface area contributed by atoms with Crippen molar-refractivity contribution >= 4 is 16.7 Å². The van der Waals surface area contributed by atoms with Gasteiger partial charge in [-0.05, 0) is 23.3 Å². The molecule has 0 unspecified atom stereocenters. The Hall–Kier alpha value is -2.66. The average molecular weight is 334 g/mol. The number of nitrogens with zero attached hydrogens (tertiary/aromatic N) is 3. The molecule has 0 radical (unpaired) electrons. The van der Waals surface area contributed by atoms with Crippen molar-refractivity contribution in [3.05, 3.63) is 66.2 Å². The molecule has 1 aromatic heterocycles. The molecule has 5 heteroatoms. The summed E-state index contributed by atoms with van der Waals surface area (Å²) in [5, 5.41) is 5.54. The molecule has 1 aliphatic rings. The van der Waals surface area contributed by atoms with Gasteiger partial charge in [0.25, 0.3) is 0 Å². The quantitative estimate of drug-likeness (QED) is 0.798. The molecular weight excluding hydrogens is 312 g/mol. The molecule has 0 bridgehead atoms. The number of aromatic nitrogens is 2. The third-order valence-electron chi connectivity index (χ3n) is 4.86. The number of nitrogens with one attached hydrogen (secondary N) is 1. The summed E-state index contributed by atoms with van der Waals surface area (Å²) in [4.78, 5) is 19.0. The summed E-state index contributed by atoms with van der Waals surface area (Å²) in [6.45, 7) is 4.94. The number of amides is 1. The lowest BCUT2D eigenvalue weighted by molar-refractivity contribution is -0.123. The van der Waals surface area contributed by atoms with Crippen molar-refractivity contribution in [3.63, 3.8) is 0 Å². The molecule has 1 N–H and O–H groups in total. The van der Waals surface area contributed by atoms with E-state index in [1.165, 1.54) is 10.8 Å². The van der Waals surface area contributed by atoms with Crippen molar-refractivity contribution in [2.45, 2.75) is 26.1 Å². The van der Waals surface area contributed by atoms with Crippen LogP contribution < -0.4 is 5.32 Å². The number of carbonyl (C=O) groups excluding carboxylic acids is 1. The molecule has 0 saturated carbocycles. The number of benzene rings is 2. The molecule has 0 spiro atoms. The maximum absolute atomic E-state index is 12.5. The van der Waals surface area contributed by atoms with Gasteiger partial charge >= 0.3 is 0 Å². The minimum atomic E-state index is -0.0228. The van der Waals surface area contributed by atoms with Crippen LogP contribution in [-0.2, 0) is 17.9 Å². The second-order valence-electron chi connectivity index (χ2n) is 6.61. The zero-order valence-corrected chi connectivity index (χ0v) is 14.4. The van der Waals surface area contributed by atoms with Gasteiger partial charge in [0.2, 0.25) is 5.91 Å². The van der Waals surface area contributed by atoms with Crippen LogP contribution in [0.3, 0.4) is 0 Å². The Morgan fingerprint density at radius 3 is 2.96 bits per heavy atom. The number of fused-ring (bicyclic) bond motifs is 2. The predicted octanol–water partition coefficient (Wildman–Crippen LogP) is 2.73. The first kappa shape index (κ1) is 15.8. The van der Waals surface area contributed by atoms with Crippen molar-refractivity contribution in [3.8, 4) is 0 Å². The van der Waals surface area contributed by atoms with E-state index >= 15 is 0 Å². The van der Waals surface area contributed by atoms with Crippen molar-refractivity contribution in [1.29, 1.82) is 0 Å². The van der Waals surface area contributed by atoms with Crippen LogP contribution in [0.5, 0.6) is 0 Å². The smallest absolute Gasteiger partial charge is 0.234 e. The predicted molar refractivity (Wildman–Crippen MR) is 98.0 cm³/mol. The molecule has 0 saturated heterocycles. The van der Waals surface area contributed by atoms with Gasteiger partial charge in [0.15, 0.2) is 0 Å². The van der Waals surface area contributed by atoms with Gasteiger partial charge < -0.3 is 9.88 Å². The van der Waals surface area contributed by atoms with E-state index < -0.39 is 0 Å². The van der Waals surface area contributed by atoms with Crippen LogP contribution in [-0.4, -0.2) is 33.4 Å². The largest absolute Gasteiger partial charge is 0.348 e. The van der Waals surface area contributed by atoms with E-state index in [4.69, 9.17) is 0 Å². The highest BCUT2D eigenvalue weighted by Crippen LogP contribution is 2.24. The Balaban J connectivity index is 1.42. The summed E-state index contributed by atoms with van der Waals surface area (Å²) in [5.41, 5.74) is 1.15. The van der Waals surface area contributed by atoms with E-state index in [9.17, 15) is 4.79 Å². The van der Waals surface area contributed by atoms with Crippen LogP contribution in [0.15, 0.2) is 54.9 Å². The second kappa shape index (κ2) is 6.69. The van der Waals surface area contributed by atoms with Gasteiger partial charge in [0.05, 0.1) is 19.1 Å². The molecule has 5 nitrogen and oxygen atoms in total. The second-order valence-corrected chi connectivity index (χ2v) is 6.61. The minimum Gasteiger partial charge on any atom is -0.348 e. The summed E-state index contributed by atoms with van der Waals surface area (Å²) in [6.07, 6.45) is 3.82. The molecule has 2 aromatic carbocycles. The van der Waals surface area contributed by atoms with Gasteiger partial charge in [-0.15, -0.1) is 0 Å². The first-order valence-corrected chi connectivity index (χ1v) is 8.70. The number of hydrogen-bond acceptors (Lipinski definition) is 3. The Morgan fingerprint density at radius 1 is 1.20 bits per heavy atom. The van der Waals surface area contributed by atoms with Crippen molar-refractivity contribution in [2.75, 3.05) is 13.1 Å². The van der Waals surface area contributed by atoms with Gasteiger partial charge in [0.1, 0.15) is 5.82 Å². The van der Waals surface area contributed by atoms with E-state index in [-0.39, 0.29) is 11.9 Å². The topological polar surface area (TPSA) is 50.2 Å². The molecule has 0 fully saturated rings. The highest BCUT2D eigenvalue weighted by Gasteiger charge is 2.20. The third-order valence-corrected chi connectivity index (χ3v) is 4.86. The van der Waals surface area contributed by atoms with Crippen molar-refractivity contribution in [2.24, 2.45) is 0 Å². The van der Waals surface area contributed by atoms with E-state index in [2.05, 4.69) is 44.0 Å². The minimum absolute atomic E-state index is 0.0228. The van der Waals surface area contributed by atoms with E-state index in [1.54, 1.807) is 0 Å². The van der Waals surface area contributed by atoms with Gasteiger partial charge in [0, 0.05) is 25.5 Å². The molecule has 1 atom stereocenters. The summed E-state index contributed by atoms with van der Waals surface area (Å²) >= 11 is 0. The first-order valence-electron chi connectivity index (χ1n) is 8.70. The molecular formula is C20H22N4O. The normalized spacial score (nSPS) is 15.7. The lowest BCUT2D eigenvalue weighted by Crippen LogP contribution is -2.41. The SMILES string of the molecule is C[C@H](NC(=O)CN1CCn2ccnc2C1)c1cccc2ccccc12. The van der Waals surface area contributed by atoms with Gasteiger partial charge in [-0.25, -0.2) is 4.98 Å². The number of carbonyl (C=O) groups is 1. The summed E-state index contributed by atoms with van der Waals surface area (Å²) in [7, 11) is 0. The molecule has 4 rings (SSSR count). The van der Waals surface area contributed by atoms with E-state index in [0.29, 0.717) is 6.54 Å². The number of rotatable bonds is 4. The van der Waals surface area contributed by atoms with Crippen LogP contribution in [0.2, 0.25) is 0 Å².